The summed E-state index contributed by atoms with van der Waals surface area (Å²) in [5, 5.41) is 7.67. The summed E-state index contributed by atoms with van der Waals surface area (Å²) >= 11 is 3.43. The number of rotatable bonds is 3. The first-order chi connectivity index (χ1) is 8.89. The molecule has 19 heavy (non-hydrogen) atoms. The first-order valence-corrected chi connectivity index (χ1v) is 7.48. The van der Waals surface area contributed by atoms with Crippen molar-refractivity contribution in [1.29, 1.82) is 5.41 Å². The lowest BCUT2D eigenvalue weighted by atomic mass is 9.76. The average molecular weight is 325 g/mol. The van der Waals surface area contributed by atoms with E-state index in [4.69, 9.17) is 15.9 Å². The van der Waals surface area contributed by atoms with E-state index in [9.17, 15) is 0 Å². The summed E-state index contributed by atoms with van der Waals surface area (Å²) in [5.74, 6) is 0.755. The average Bonchev–Trinajstić information content (AvgIpc) is 2.31. The van der Waals surface area contributed by atoms with Crippen LogP contribution in [0, 0.1) is 10.8 Å². The number of hydrogen-bond acceptors (Lipinski definition) is 2. The second-order valence-corrected chi connectivity index (χ2v) is 6.86. The SMILES string of the molecule is CC1(C)CCC(Oc2cccc(Br)c2C(=N)N)CC1. The fraction of sp³-hybridized carbons (Fsp3) is 0.533. The van der Waals surface area contributed by atoms with Gasteiger partial charge < -0.3 is 10.5 Å². The third kappa shape index (κ3) is 3.50. The summed E-state index contributed by atoms with van der Waals surface area (Å²) in [6.07, 6.45) is 4.73. The lowest BCUT2D eigenvalue weighted by molar-refractivity contribution is 0.0985. The van der Waals surface area contributed by atoms with Crippen molar-refractivity contribution in [3.8, 4) is 5.75 Å². The van der Waals surface area contributed by atoms with E-state index < -0.39 is 0 Å². The van der Waals surface area contributed by atoms with Crippen molar-refractivity contribution in [3.63, 3.8) is 0 Å². The number of benzene rings is 1. The molecule has 104 valence electrons. The number of nitrogens with two attached hydrogens (primary N) is 1. The smallest absolute Gasteiger partial charge is 0.131 e. The van der Waals surface area contributed by atoms with Crippen molar-refractivity contribution in [2.45, 2.75) is 45.6 Å². The number of ether oxygens (including phenoxy) is 1. The quantitative estimate of drug-likeness (QED) is 0.650. The molecule has 1 aromatic carbocycles. The van der Waals surface area contributed by atoms with E-state index in [0.717, 1.165) is 17.3 Å². The van der Waals surface area contributed by atoms with Crippen molar-refractivity contribution < 1.29 is 4.74 Å². The molecule has 0 spiro atoms. The molecule has 0 heterocycles. The molecular formula is C15H21BrN2O. The van der Waals surface area contributed by atoms with E-state index in [2.05, 4.69) is 29.8 Å². The molecule has 1 aliphatic carbocycles. The lowest BCUT2D eigenvalue weighted by Crippen LogP contribution is -2.29. The highest BCUT2D eigenvalue weighted by Gasteiger charge is 2.28. The fourth-order valence-electron chi connectivity index (χ4n) is 2.53. The summed E-state index contributed by atoms with van der Waals surface area (Å²) in [4.78, 5) is 0. The Morgan fingerprint density at radius 2 is 2.00 bits per heavy atom. The predicted molar refractivity (Wildman–Crippen MR) is 81.8 cm³/mol. The van der Waals surface area contributed by atoms with E-state index in [1.807, 2.05) is 18.2 Å². The minimum atomic E-state index is 0.0404. The monoisotopic (exact) mass is 324 g/mol. The maximum absolute atomic E-state index is 7.67. The summed E-state index contributed by atoms with van der Waals surface area (Å²) in [7, 11) is 0. The van der Waals surface area contributed by atoms with Gasteiger partial charge in [0.05, 0.1) is 11.7 Å². The molecule has 0 unspecified atom stereocenters. The van der Waals surface area contributed by atoms with Gasteiger partial charge in [-0.25, -0.2) is 0 Å². The highest BCUT2D eigenvalue weighted by atomic mass is 79.9. The molecule has 3 nitrogen and oxygen atoms in total. The molecule has 0 bridgehead atoms. The Labute approximate surface area is 123 Å². The Kier molecular flexibility index (Phi) is 4.19. The molecule has 1 aliphatic rings. The lowest BCUT2D eigenvalue weighted by Gasteiger charge is -2.34. The first-order valence-electron chi connectivity index (χ1n) is 6.69. The molecule has 0 amide bonds. The van der Waals surface area contributed by atoms with Crippen LogP contribution < -0.4 is 10.5 Å². The number of nitrogens with one attached hydrogen (secondary N) is 1. The zero-order valence-electron chi connectivity index (χ0n) is 11.5. The second-order valence-electron chi connectivity index (χ2n) is 6.01. The second kappa shape index (κ2) is 5.53. The molecule has 0 radical (unpaired) electrons. The van der Waals surface area contributed by atoms with Crippen LogP contribution in [0.25, 0.3) is 0 Å². The van der Waals surface area contributed by atoms with Gasteiger partial charge >= 0.3 is 0 Å². The van der Waals surface area contributed by atoms with Crippen molar-refractivity contribution >= 4 is 21.8 Å². The van der Waals surface area contributed by atoms with Gasteiger partial charge in [-0.1, -0.05) is 19.9 Å². The van der Waals surface area contributed by atoms with Gasteiger partial charge in [0, 0.05) is 4.47 Å². The maximum atomic E-state index is 7.67. The van der Waals surface area contributed by atoms with Crippen LogP contribution in [0.3, 0.4) is 0 Å². The molecule has 0 saturated heterocycles. The number of nitrogen functional groups attached to an aromatic ring is 1. The van der Waals surface area contributed by atoms with Crippen molar-refractivity contribution in [3.05, 3.63) is 28.2 Å². The standard InChI is InChI=1S/C15H21BrN2O/c1-15(2)8-6-10(7-9-15)19-12-5-3-4-11(16)13(12)14(17)18/h3-5,10H,6-9H2,1-2H3,(H3,17,18). The normalized spacial score (nSPS) is 19.1. The fourth-order valence-corrected chi connectivity index (χ4v) is 3.10. The zero-order chi connectivity index (χ0) is 14.0. The summed E-state index contributed by atoms with van der Waals surface area (Å²) in [6.45, 7) is 4.62. The molecule has 0 atom stereocenters. The molecule has 4 heteroatoms. The highest BCUT2D eigenvalue weighted by molar-refractivity contribution is 9.10. The van der Waals surface area contributed by atoms with E-state index in [-0.39, 0.29) is 11.9 Å². The first kappa shape index (κ1) is 14.4. The number of hydrogen-bond donors (Lipinski definition) is 2. The van der Waals surface area contributed by atoms with Gasteiger partial charge in [0.15, 0.2) is 0 Å². The van der Waals surface area contributed by atoms with Crippen LogP contribution in [0.15, 0.2) is 22.7 Å². The molecule has 1 saturated carbocycles. The zero-order valence-corrected chi connectivity index (χ0v) is 13.1. The molecule has 1 fully saturated rings. The van der Waals surface area contributed by atoms with Crippen LogP contribution in [-0.2, 0) is 0 Å². The summed E-state index contributed by atoms with van der Waals surface area (Å²) in [6, 6.07) is 5.69. The Balaban J connectivity index is 2.12. The van der Waals surface area contributed by atoms with E-state index in [1.165, 1.54) is 12.8 Å². The van der Waals surface area contributed by atoms with Gasteiger partial charge in [-0.05, 0) is 59.2 Å². The van der Waals surface area contributed by atoms with Gasteiger partial charge in [-0.2, -0.15) is 0 Å². The predicted octanol–water partition coefficient (Wildman–Crippen LogP) is 4.08. The molecule has 1 aromatic rings. The minimum Gasteiger partial charge on any atom is -0.490 e. The van der Waals surface area contributed by atoms with E-state index >= 15 is 0 Å². The van der Waals surface area contributed by atoms with Crippen LogP contribution in [-0.4, -0.2) is 11.9 Å². The molecular weight excluding hydrogens is 304 g/mol. The van der Waals surface area contributed by atoms with Gasteiger partial charge in [0.25, 0.3) is 0 Å². The van der Waals surface area contributed by atoms with Crippen LogP contribution in [0.1, 0.15) is 45.1 Å². The minimum absolute atomic E-state index is 0.0404. The number of amidine groups is 1. The van der Waals surface area contributed by atoms with Crippen molar-refractivity contribution in [2.24, 2.45) is 11.1 Å². The van der Waals surface area contributed by atoms with Crippen molar-refractivity contribution in [2.75, 3.05) is 0 Å². The van der Waals surface area contributed by atoms with Crippen LogP contribution >= 0.6 is 15.9 Å². The Morgan fingerprint density at radius 1 is 1.37 bits per heavy atom. The van der Waals surface area contributed by atoms with Crippen LogP contribution in [0.5, 0.6) is 5.75 Å². The Morgan fingerprint density at radius 3 is 2.58 bits per heavy atom. The Bertz CT molecular complexity index is 475. The molecule has 0 aliphatic heterocycles. The van der Waals surface area contributed by atoms with Crippen molar-refractivity contribution in [1.82, 2.24) is 0 Å². The van der Waals surface area contributed by atoms with Gasteiger partial charge in [0.1, 0.15) is 11.6 Å². The summed E-state index contributed by atoms with van der Waals surface area (Å²) in [5.41, 5.74) is 6.73. The van der Waals surface area contributed by atoms with Crippen LogP contribution in [0.4, 0.5) is 0 Å². The van der Waals surface area contributed by atoms with Gasteiger partial charge in [-0.15, -0.1) is 0 Å². The molecule has 2 rings (SSSR count). The topological polar surface area (TPSA) is 59.1 Å². The van der Waals surface area contributed by atoms with Crippen LogP contribution in [0.2, 0.25) is 0 Å². The van der Waals surface area contributed by atoms with E-state index in [1.54, 1.807) is 0 Å². The van der Waals surface area contributed by atoms with E-state index in [0.29, 0.717) is 16.7 Å². The summed E-state index contributed by atoms with van der Waals surface area (Å²) < 4.78 is 6.88. The van der Waals surface area contributed by atoms with Gasteiger partial charge in [0.2, 0.25) is 0 Å². The highest BCUT2D eigenvalue weighted by Crippen LogP contribution is 2.37. The molecule has 3 N–H and O–H groups in total. The number of halogens is 1. The molecule has 0 aromatic heterocycles. The van der Waals surface area contributed by atoms with Gasteiger partial charge in [-0.3, -0.25) is 5.41 Å². The third-order valence-corrected chi connectivity index (χ3v) is 4.49. The maximum Gasteiger partial charge on any atom is 0.131 e. The third-order valence-electron chi connectivity index (χ3n) is 3.82. The largest absolute Gasteiger partial charge is 0.490 e. The Hall–Kier alpha value is -1.03.